The lowest BCUT2D eigenvalue weighted by atomic mass is 9.95. The molecule has 5 nitrogen and oxygen atoms in total. The zero-order chi connectivity index (χ0) is 14.8. The van der Waals surface area contributed by atoms with Crippen LogP contribution in [0.1, 0.15) is 52.9 Å². The van der Waals surface area contributed by atoms with E-state index in [-0.39, 0.29) is 5.91 Å². The van der Waals surface area contributed by atoms with Gasteiger partial charge in [0.15, 0.2) is 0 Å². The van der Waals surface area contributed by atoms with E-state index in [1.165, 1.54) is 19.3 Å². The summed E-state index contributed by atoms with van der Waals surface area (Å²) >= 11 is 0. The molecule has 0 aromatic heterocycles. The molecule has 0 radical (unpaired) electrons. The summed E-state index contributed by atoms with van der Waals surface area (Å²) < 4.78 is 5.11. The average Bonchev–Trinajstić information content (AvgIpc) is 2.88. The van der Waals surface area contributed by atoms with Gasteiger partial charge in [-0.3, -0.25) is 4.79 Å². The summed E-state index contributed by atoms with van der Waals surface area (Å²) in [6, 6.07) is 0.364. The minimum absolute atomic E-state index is 0.0265. The molecule has 0 spiro atoms. The van der Waals surface area contributed by atoms with Gasteiger partial charge in [-0.05, 0) is 51.9 Å². The van der Waals surface area contributed by atoms with Crippen molar-refractivity contribution in [2.24, 2.45) is 11.8 Å². The Balaban J connectivity index is 1.60. The number of nitrogens with one attached hydrogen (secondary N) is 2. The number of alkyl carbamates (subject to hydrolysis) is 1. The van der Waals surface area contributed by atoms with E-state index in [0.717, 1.165) is 12.3 Å². The Hall–Kier alpha value is -1.26. The molecule has 0 heterocycles. The van der Waals surface area contributed by atoms with Gasteiger partial charge in [-0.1, -0.05) is 6.42 Å². The van der Waals surface area contributed by atoms with E-state index >= 15 is 0 Å². The summed E-state index contributed by atoms with van der Waals surface area (Å²) in [5.41, 5.74) is -0.505. The molecular weight excluding hydrogens is 256 g/mol. The molecular formula is C15H26N2O3. The van der Waals surface area contributed by atoms with Crippen molar-refractivity contribution in [3.63, 3.8) is 0 Å². The first-order valence-corrected chi connectivity index (χ1v) is 7.60. The van der Waals surface area contributed by atoms with E-state index in [9.17, 15) is 9.59 Å². The minimum Gasteiger partial charge on any atom is -0.444 e. The molecule has 3 atom stereocenters. The van der Waals surface area contributed by atoms with Crippen LogP contribution in [0.2, 0.25) is 0 Å². The van der Waals surface area contributed by atoms with Gasteiger partial charge in [-0.15, -0.1) is 0 Å². The molecule has 0 saturated heterocycles. The number of hydrogen-bond donors (Lipinski definition) is 2. The highest BCUT2D eigenvalue weighted by atomic mass is 16.6. The normalized spacial score (nSPS) is 28.2. The molecule has 2 bridgehead atoms. The molecule has 114 valence electrons. The maximum absolute atomic E-state index is 11.8. The van der Waals surface area contributed by atoms with Gasteiger partial charge in [0.2, 0.25) is 5.91 Å². The van der Waals surface area contributed by atoms with Gasteiger partial charge in [0.25, 0.3) is 0 Å². The van der Waals surface area contributed by atoms with Crippen LogP contribution < -0.4 is 10.6 Å². The fraction of sp³-hybridized carbons (Fsp3) is 0.867. The van der Waals surface area contributed by atoms with Crippen LogP contribution in [0.15, 0.2) is 0 Å². The van der Waals surface area contributed by atoms with Crippen LogP contribution in [-0.2, 0) is 9.53 Å². The van der Waals surface area contributed by atoms with Crippen LogP contribution in [-0.4, -0.2) is 30.2 Å². The van der Waals surface area contributed by atoms with Crippen molar-refractivity contribution in [2.75, 3.05) is 6.54 Å². The van der Waals surface area contributed by atoms with Crippen molar-refractivity contribution in [3.05, 3.63) is 0 Å². The maximum atomic E-state index is 11.8. The number of rotatable bonds is 4. The van der Waals surface area contributed by atoms with E-state index < -0.39 is 11.7 Å². The number of carbonyl (C=O) groups excluding carboxylic acids is 2. The summed E-state index contributed by atoms with van der Waals surface area (Å²) in [6.07, 6.45) is 4.85. The van der Waals surface area contributed by atoms with E-state index in [1.54, 1.807) is 0 Å². The first-order valence-electron chi connectivity index (χ1n) is 7.60. The predicted octanol–water partition coefficient (Wildman–Crippen LogP) is 2.21. The Bertz CT molecular complexity index is 376. The van der Waals surface area contributed by atoms with Crippen molar-refractivity contribution in [1.29, 1.82) is 0 Å². The fourth-order valence-corrected chi connectivity index (χ4v) is 3.29. The van der Waals surface area contributed by atoms with Crippen LogP contribution in [0.25, 0.3) is 0 Å². The number of ether oxygens (including phenoxy) is 1. The van der Waals surface area contributed by atoms with Crippen LogP contribution in [0, 0.1) is 11.8 Å². The molecule has 2 aliphatic rings. The fourth-order valence-electron chi connectivity index (χ4n) is 3.29. The zero-order valence-electron chi connectivity index (χ0n) is 12.7. The Kier molecular flexibility index (Phi) is 4.55. The molecule has 2 saturated carbocycles. The second kappa shape index (κ2) is 6.02. The Labute approximate surface area is 120 Å². The SMILES string of the molecule is CC(C)(C)OC(=O)NCCC(=O)NC1CC2CCC1C2. The molecule has 2 amide bonds. The topological polar surface area (TPSA) is 67.4 Å². The average molecular weight is 282 g/mol. The third-order valence-corrected chi connectivity index (χ3v) is 4.10. The summed E-state index contributed by atoms with van der Waals surface area (Å²) in [5, 5.41) is 5.71. The second-order valence-electron chi connectivity index (χ2n) is 7.03. The third-order valence-electron chi connectivity index (χ3n) is 4.10. The number of amides is 2. The van der Waals surface area contributed by atoms with Gasteiger partial charge in [0, 0.05) is 19.0 Å². The lowest BCUT2D eigenvalue weighted by molar-refractivity contribution is -0.122. The Morgan fingerprint density at radius 1 is 1.20 bits per heavy atom. The summed E-state index contributed by atoms with van der Waals surface area (Å²) in [5.74, 6) is 1.53. The predicted molar refractivity (Wildman–Crippen MR) is 76.2 cm³/mol. The van der Waals surface area contributed by atoms with E-state index in [1.807, 2.05) is 20.8 Å². The number of fused-ring (bicyclic) bond motifs is 2. The highest BCUT2D eigenvalue weighted by molar-refractivity contribution is 5.77. The Morgan fingerprint density at radius 2 is 1.95 bits per heavy atom. The van der Waals surface area contributed by atoms with Crippen LogP contribution in [0.3, 0.4) is 0 Å². The summed E-state index contributed by atoms with van der Waals surface area (Å²) in [6.45, 7) is 5.76. The molecule has 2 N–H and O–H groups in total. The maximum Gasteiger partial charge on any atom is 0.407 e. The number of hydrogen-bond acceptors (Lipinski definition) is 3. The molecule has 0 aliphatic heterocycles. The monoisotopic (exact) mass is 282 g/mol. The van der Waals surface area contributed by atoms with Gasteiger partial charge in [-0.25, -0.2) is 4.79 Å². The van der Waals surface area contributed by atoms with Crippen LogP contribution >= 0.6 is 0 Å². The van der Waals surface area contributed by atoms with E-state index in [2.05, 4.69) is 10.6 Å². The smallest absolute Gasteiger partial charge is 0.407 e. The quantitative estimate of drug-likeness (QED) is 0.830. The largest absolute Gasteiger partial charge is 0.444 e. The molecule has 0 aromatic rings. The van der Waals surface area contributed by atoms with Gasteiger partial charge in [-0.2, -0.15) is 0 Å². The van der Waals surface area contributed by atoms with Gasteiger partial charge in [0.05, 0.1) is 0 Å². The molecule has 0 aromatic carbocycles. The first kappa shape index (κ1) is 15.1. The minimum atomic E-state index is -0.505. The lowest BCUT2D eigenvalue weighted by Gasteiger charge is -2.23. The summed E-state index contributed by atoms with van der Waals surface area (Å²) in [7, 11) is 0. The van der Waals surface area contributed by atoms with Gasteiger partial charge >= 0.3 is 6.09 Å². The highest BCUT2D eigenvalue weighted by Gasteiger charge is 2.39. The highest BCUT2D eigenvalue weighted by Crippen LogP contribution is 2.44. The summed E-state index contributed by atoms with van der Waals surface area (Å²) in [4.78, 5) is 23.3. The Morgan fingerprint density at radius 3 is 2.50 bits per heavy atom. The van der Waals surface area contributed by atoms with Crippen LogP contribution in [0.4, 0.5) is 4.79 Å². The van der Waals surface area contributed by atoms with Crippen LogP contribution in [0.5, 0.6) is 0 Å². The lowest BCUT2D eigenvalue weighted by Crippen LogP contribution is -2.40. The van der Waals surface area contributed by atoms with Crippen molar-refractivity contribution in [1.82, 2.24) is 10.6 Å². The van der Waals surface area contributed by atoms with Gasteiger partial charge < -0.3 is 15.4 Å². The van der Waals surface area contributed by atoms with Crippen molar-refractivity contribution < 1.29 is 14.3 Å². The molecule has 20 heavy (non-hydrogen) atoms. The first-order chi connectivity index (χ1) is 9.33. The van der Waals surface area contributed by atoms with Gasteiger partial charge in [0.1, 0.15) is 5.60 Å². The zero-order valence-corrected chi connectivity index (χ0v) is 12.7. The molecule has 2 rings (SSSR count). The molecule has 3 unspecified atom stereocenters. The number of carbonyl (C=O) groups is 2. The standard InChI is InChI=1S/C15H26N2O3/c1-15(2,3)20-14(19)16-7-6-13(18)17-12-9-10-4-5-11(12)8-10/h10-12H,4-9H2,1-3H3,(H,16,19)(H,17,18). The molecule has 5 heteroatoms. The molecule has 2 fully saturated rings. The van der Waals surface area contributed by atoms with Crippen molar-refractivity contribution >= 4 is 12.0 Å². The van der Waals surface area contributed by atoms with E-state index in [0.29, 0.717) is 24.9 Å². The second-order valence-corrected chi connectivity index (χ2v) is 7.03. The van der Waals surface area contributed by atoms with Crippen molar-refractivity contribution in [2.45, 2.75) is 64.5 Å². The third kappa shape index (κ3) is 4.39. The van der Waals surface area contributed by atoms with Crippen molar-refractivity contribution in [3.8, 4) is 0 Å². The molecule has 2 aliphatic carbocycles. The van der Waals surface area contributed by atoms with E-state index in [4.69, 9.17) is 4.74 Å².